The minimum absolute atomic E-state index is 0.146. The highest BCUT2D eigenvalue weighted by molar-refractivity contribution is 6.11. The molecule has 0 spiro atoms. The van der Waals surface area contributed by atoms with Gasteiger partial charge in [0.15, 0.2) is 23.0 Å². The zero-order chi connectivity index (χ0) is 16.9. The highest BCUT2D eigenvalue weighted by atomic mass is 16.6. The number of carbonyl (C=O) groups is 1. The fourth-order valence-corrected chi connectivity index (χ4v) is 2.12. The van der Waals surface area contributed by atoms with Gasteiger partial charge in [0.2, 0.25) is 0 Å². The second-order valence-electron chi connectivity index (χ2n) is 4.82. The minimum atomic E-state index is -0.536. The molecule has 1 aromatic heterocycles. The van der Waals surface area contributed by atoms with Crippen LogP contribution in [0.25, 0.3) is 6.08 Å². The molecule has 24 heavy (non-hydrogen) atoms. The smallest absolute Gasteiger partial charge is 0.363 e. The molecule has 1 aliphatic heterocycles. The number of aliphatic imine (C=N–C) groups is 1. The summed E-state index contributed by atoms with van der Waals surface area (Å²) in [7, 11) is 1.56. The Balaban J connectivity index is 1.90. The minimum Gasteiger partial charge on any atom is -0.493 e. The molecule has 122 valence electrons. The number of ether oxygens (including phenoxy) is 3. The Bertz CT molecular complexity index is 818. The van der Waals surface area contributed by atoms with Crippen molar-refractivity contribution in [3.05, 3.63) is 66.3 Å². The molecule has 0 aliphatic carbocycles. The van der Waals surface area contributed by atoms with Crippen LogP contribution in [0.4, 0.5) is 0 Å². The maximum atomic E-state index is 11.9. The van der Waals surface area contributed by atoms with E-state index in [2.05, 4.69) is 11.6 Å². The summed E-state index contributed by atoms with van der Waals surface area (Å²) in [6.45, 7) is 3.96. The number of benzene rings is 1. The van der Waals surface area contributed by atoms with E-state index in [-0.39, 0.29) is 11.6 Å². The van der Waals surface area contributed by atoms with Crippen molar-refractivity contribution in [3.8, 4) is 11.5 Å². The first-order chi connectivity index (χ1) is 11.7. The van der Waals surface area contributed by atoms with Crippen LogP contribution in [-0.4, -0.2) is 25.6 Å². The number of furan rings is 1. The molecule has 0 unspecified atom stereocenters. The maximum Gasteiger partial charge on any atom is 0.363 e. The van der Waals surface area contributed by atoms with Gasteiger partial charge in [-0.3, -0.25) is 0 Å². The van der Waals surface area contributed by atoms with Gasteiger partial charge >= 0.3 is 5.97 Å². The molecule has 1 aliphatic rings. The molecule has 0 fully saturated rings. The van der Waals surface area contributed by atoms with E-state index in [4.69, 9.17) is 18.6 Å². The average Bonchev–Trinajstić information content (AvgIpc) is 3.23. The Morgan fingerprint density at radius 1 is 1.29 bits per heavy atom. The third-order valence-corrected chi connectivity index (χ3v) is 3.20. The predicted molar refractivity (Wildman–Crippen MR) is 88.0 cm³/mol. The molecule has 1 aromatic carbocycles. The molecule has 3 rings (SSSR count). The summed E-state index contributed by atoms with van der Waals surface area (Å²) >= 11 is 0. The number of hydrogen-bond acceptors (Lipinski definition) is 6. The number of rotatable bonds is 6. The van der Waals surface area contributed by atoms with Gasteiger partial charge in [0.05, 0.1) is 13.4 Å². The second kappa shape index (κ2) is 6.87. The van der Waals surface area contributed by atoms with E-state index < -0.39 is 5.97 Å². The fraction of sp³-hybridized carbons (Fsp3) is 0.111. The van der Waals surface area contributed by atoms with Crippen molar-refractivity contribution in [2.24, 2.45) is 4.99 Å². The lowest BCUT2D eigenvalue weighted by atomic mass is 10.1. The molecular formula is C18H15NO5. The van der Waals surface area contributed by atoms with Crippen LogP contribution in [-0.2, 0) is 9.53 Å². The average molecular weight is 325 g/mol. The van der Waals surface area contributed by atoms with Crippen LogP contribution in [0.15, 0.2) is 64.4 Å². The highest BCUT2D eigenvalue weighted by Crippen LogP contribution is 2.29. The van der Waals surface area contributed by atoms with Gasteiger partial charge in [0, 0.05) is 0 Å². The monoisotopic (exact) mass is 325 g/mol. The first-order valence-electron chi connectivity index (χ1n) is 7.19. The maximum absolute atomic E-state index is 11.9. The summed E-state index contributed by atoms with van der Waals surface area (Å²) in [5, 5.41) is 0. The van der Waals surface area contributed by atoms with E-state index >= 15 is 0 Å². The van der Waals surface area contributed by atoms with Crippen molar-refractivity contribution in [1.82, 2.24) is 0 Å². The summed E-state index contributed by atoms with van der Waals surface area (Å²) < 4.78 is 21.1. The van der Waals surface area contributed by atoms with Crippen molar-refractivity contribution in [3.63, 3.8) is 0 Å². The van der Waals surface area contributed by atoms with Gasteiger partial charge in [-0.05, 0) is 35.9 Å². The van der Waals surface area contributed by atoms with E-state index in [1.807, 2.05) is 0 Å². The lowest BCUT2D eigenvalue weighted by Gasteiger charge is -2.09. The van der Waals surface area contributed by atoms with E-state index in [9.17, 15) is 4.79 Å². The van der Waals surface area contributed by atoms with Crippen LogP contribution < -0.4 is 9.47 Å². The molecule has 6 heteroatoms. The van der Waals surface area contributed by atoms with Gasteiger partial charge in [0.1, 0.15) is 6.61 Å². The van der Waals surface area contributed by atoms with E-state index in [0.717, 1.165) is 5.56 Å². The van der Waals surface area contributed by atoms with Crippen molar-refractivity contribution in [2.45, 2.75) is 0 Å². The van der Waals surface area contributed by atoms with Gasteiger partial charge in [-0.1, -0.05) is 18.7 Å². The molecule has 0 saturated carbocycles. The molecule has 6 nitrogen and oxygen atoms in total. The Kier molecular flexibility index (Phi) is 4.47. The molecule has 0 N–H and O–H groups in total. The molecule has 2 aromatic rings. The molecule has 0 saturated heterocycles. The summed E-state index contributed by atoms with van der Waals surface area (Å²) in [4.78, 5) is 16.1. The van der Waals surface area contributed by atoms with E-state index in [0.29, 0.717) is 23.9 Å². The van der Waals surface area contributed by atoms with Crippen molar-refractivity contribution in [2.75, 3.05) is 13.7 Å². The van der Waals surface area contributed by atoms with Gasteiger partial charge < -0.3 is 18.6 Å². The van der Waals surface area contributed by atoms with Crippen LogP contribution in [0.1, 0.15) is 11.3 Å². The number of esters is 1. The number of methoxy groups -OCH3 is 1. The summed E-state index contributed by atoms with van der Waals surface area (Å²) in [5.74, 6) is 1.15. The molecule has 0 amide bonds. The Morgan fingerprint density at radius 2 is 2.17 bits per heavy atom. The number of cyclic esters (lactones) is 1. The number of carbonyl (C=O) groups excluding carboxylic acids is 1. The third kappa shape index (κ3) is 3.22. The van der Waals surface area contributed by atoms with Gasteiger partial charge in [-0.15, -0.1) is 0 Å². The Labute approximate surface area is 138 Å². The summed E-state index contributed by atoms with van der Waals surface area (Å²) in [6.07, 6.45) is 4.73. The second-order valence-corrected chi connectivity index (χ2v) is 4.82. The van der Waals surface area contributed by atoms with E-state index in [1.165, 1.54) is 6.26 Å². The van der Waals surface area contributed by atoms with Crippen LogP contribution in [0.3, 0.4) is 0 Å². The molecular weight excluding hydrogens is 310 g/mol. The number of nitrogens with zero attached hydrogens (tertiary/aromatic N) is 1. The first-order valence-corrected chi connectivity index (χ1v) is 7.19. The fourth-order valence-electron chi connectivity index (χ4n) is 2.12. The summed E-state index contributed by atoms with van der Waals surface area (Å²) in [5.41, 5.74) is 0.910. The van der Waals surface area contributed by atoms with Gasteiger partial charge in [-0.2, -0.15) is 0 Å². The lowest BCUT2D eigenvalue weighted by molar-refractivity contribution is -0.130. The highest BCUT2D eigenvalue weighted by Gasteiger charge is 2.25. The topological polar surface area (TPSA) is 70.3 Å². The molecule has 0 radical (unpaired) electrons. The lowest BCUT2D eigenvalue weighted by Crippen LogP contribution is -2.04. The quantitative estimate of drug-likeness (QED) is 0.463. The number of hydrogen-bond donors (Lipinski definition) is 0. The van der Waals surface area contributed by atoms with Crippen LogP contribution in [0.5, 0.6) is 11.5 Å². The Morgan fingerprint density at radius 3 is 2.88 bits per heavy atom. The largest absolute Gasteiger partial charge is 0.493 e. The van der Waals surface area contributed by atoms with Crippen LogP contribution in [0.2, 0.25) is 0 Å². The van der Waals surface area contributed by atoms with Crippen molar-refractivity contribution < 1.29 is 23.4 Å². The van der Waals surface area contributed by atoms with Gasteiger partial charge in [-0.25, -0.2) is 9.79 Å². The third-order valence-electron chi connectivity index (χ3n) is 3.20. The Hall–Kier alpha value is -3.28. The first kappa shape index (κ1) is 15.6. The SMILES string of the molecule is C=CCOc1cc(/C=C2/N=C(c3ccco3)OC2=O)ccc1OC. The molecule has 0 atom stereocenters. The standard InChI is InChI=1S/C18H15NO5/c1-3-8-22-16-11-12(6-7-14(16)21-2)10-13-18(20)24-17(19-13)15-5-4-9-23-15/h3-7,9-11H,1,8H2,2H3/b13-10+. The van der Waals surface area contributed by atoms with Crippen LogP contribution in [0, 0.1) is 0 Å². The summed E-state index contributed by atoms with van der Waals surface area (Å²) in [6, 6.07) is 8.66. The van der Waals surface area contributed by atoms with Gasteiger partial charge in [0.25, 0.3) is 5.90 Å². The van der Waals surface area contributed by atoms with Crippen molar-refractivity contribution in [1.29, 1.82) is 0 Å². The molecule has 0 bridgehead atoms. The zero-order valence-electron chi connectivity index (χ0n) is 13.0. The van der Waals surface area contributed by atoms with Crippen molar-refractivity contribution >= 4 is 17.9 Å². The van der Waals surface area contributed by atoms with E-state index in [1.54, 1.807) is 49.6 Å². The zero-order valence-corrected chi connectivity index (χ0v) is 13.0. The predicted octanol–water partition coefficient (Wildman–Crippen LogP) is 3.20. The normalized spacial score (nSPS) is 15.1. The van der Waals surface area contributed by atoms with Crippen LogP contribution >= 0.6 is 0 Å². The molecule has 2 heterocycles.